The summed E-state index contributed by atoms with van der Waals surface area (Å²) in [6.45, 7) is 0. The molecule has 0 atom stereocenters. The summed E-state index contributed by atoms with van der Waals surface area (Å²) in [5.74, 6) is 0. The lowest BCUT2D eigenvalue weighted by Crippen LogP contribution is -1.93. The number of rotatable bonds is 2. The fraction of sp³-hybridized carbons (Fsp3) is 0. The number of hydrogen-bond donors (Lipinski definition) is 0. The van der Waals surface area contributed by atoms with E-state index in [4.69, 9.17) is 13.8 Å². The predicted octanol–water partition coefficient (Wildman–Crippen LogP) is 12.0. The van der Waals surface area contributed by atoms with Gasteiger partial charge in [0, 0.05) is 41.7 Å². The summed E-state index contributed by atoms with van der Waals surface area (Å²) < 4.78 is 17.6. The number of thiophene rings is 1. The van der Waals surface area contributed by atoms with Crippen LogP contribution in [0.15, 0.2) is 142 Å². The summed E-state index contributed by atoms with van der Waals surface area (Å²) in [4.78, 5) is 5.09. The maximum Gasteiger partial charge on any atom is 0.307 e. The molecule has 7 aromatic carbocycles. The van der Waals surface area contributed by atoms with Crippen molar-refractivity contribution in [1.82, 2.24) is 9.55 Å². The maximum atomic E-state index is 6.79. The van der Waals surface area contributed by atoms with Crippen LogP contribution in [0.2, 0.25) is 0 Å². The summed E-state index contributed by atoms with van der Waals surface area (Å²) in [5.41, 5.74) is 7.95. The van der Waals surface area contributed by atoms with E-state index in [0.717, 1.165) is 60.2 Å². The molecule has 0 saturated carbocycles. The standard InChI is InChI=1S/C41H22N2O2S/c1-2-8-24-21-25(14-13-23(24)7-1)26-15-16-29-36(22-26)46-35-20-17-30-40(39(29)35)45-41(42-30)43-31-11-5-3-9-27(31)37-32(43)18-19-34-38(37)28-10-4-6-12-33(28)44-34/h1-22H. The highest BCUT2D eigenvalue weighted by Gasteiger charge is 2.22. The minimum Gasteiger partial charge on any atom is -0.456 e. The third kappa shape index (κ3) is 3.24. The molecule has 0 aliphatic heterocycles. The van der Waals surface area contributed by atoms with Gasteiger partial charge in [-0.25, -0.2) is 0 Å². The molecule has 4 nitrogen and oxygen atoms in total. The Morgan fingerprint density at radius 3 is 2.26 bits per heavy atom. The fourth-order valence-electron chi connectivity index (χ4n) is 7.36. The average molecular weight is 607 g/mol. The van der Waals surface area contributed by atoms with Crippen molar-refractivity contribution in [2.24, 2.45) is 0 Å². The van der Waals surface area contributed by atoms with E-state index in [1.807, 2.05) is 12.1 Å². The molecule has 0 bridgehead atoms. The predicted molar refractivity (Wildman–Crippen MR) is 191 cm³/mol. The van der Waals surface area contributed by atoms with Crippen molar-refractivity contribution in [3.63, 3.8) is 0 Å². The molecule has 0 spiro atoms. The Morgan fingerprint density at radius 2 is 1.30 bits per heavy atom. The molecule has 4 heterocycles. The van der Waals surface area contributed by atoms with Gasteiger partial charge in [0.05, 0.1) is 11.0 Å². The highest BCUT2D eigenvalue weighted by atomic mass is 32.1. The van der Waals surface area contributed by atoms with Crippen molar-refractivity contribution in [1.29, 1.82) is 0 Å². The SMILES string of the molecule is c1ccc2cc(-c3ccc4c(c3)sc3ccc5nc(-n6c7ccccc7c7c8c(ccc76)oc6ccccc68)oc5c34)ccc2c1. The first kappa shape index (κ1) is 24.4. The molecule has 0 aliphatic rings. The van der Waals surface area contributed by atoms with E-state index < -0.39 is 0 Å². The van der Waals surface area contributed by atoms with Gasteiger partial charge in [0.1, 0.15) is 16.7 Å². The Hall–Kier alpha value is -5.91. The van der Waals surface area contributed by atoms with Gasteiger partial charge in [-0.1, -0.05) is 84.9 Å². The largest absolute Gasteiger partial charge is 0.456 e. The second kappa shape index (κ2) is 8.84. The molecule has 0 radical (unpaired) electrons. The Labute approximate surface area is 265 Å². The molecule has 0 saturated heterocycles. The summed E-state index contributed by atoms with van der Waals surface area (Å²) in [6, 6.07) is 47.7. The Morgan fingerprint density at radius 1 is 0.500 bits per heavy atom. The van der Waals surface area contributed by atoms with E-state index in [1.54, 1.807) is 11.3 Å². The highest BCUT2D eigenvalue weighted by molar-refractivity contribution is 7.26. The Kier molecular flexibility index (Phi) is 4.69. The van der Waals surface area contributed by atoms with Gasteiger partial charge in [-0.05, 0) is 70.4 Å². The monoisotopic (exact) mass is 606 g/mol. The normalized spacial score (nSPS) is 12.3. The van der Waals surface area contributed by atoms with Gasteiger partial charge in [-0.2, -0.15) is 4.98 Å². The van der Waals surface area contributed by atoms with Crippen molar-refractivity contribution < 1.29 is 8.83 Å². The van der Waals surface area contributed by atoms with Gasteiger partial charge in [0.25, 0.3) is 0 Å². The summed E-state index contributed by atoms with van der Waals surface area (Å²) >= 11 is 1.80. The van der Waals surface area contributed by atoms with E-state index in [1.165, 1.54) is 36.7 Å². The molecule has 0 aliphatic carbocycles. The number of oxazole rings is 1. The molecule has 0 unspecified atom stereocenters. The second-order valence-corrected chi connectivity index (χ2v) is 13.0. The lowest BCUT2D eigenvalue weighted by Gasteiger charge is -2.05. The average Bonchev–Trinajstić information content (AvgIpc) is 3.86. The van der Waals surface area contributed by atoms with E-state index in [9.17, 15) is 0 Å². The third-order valence-corrected chi connectivity index (χ3v) is 10.5. The summed E-state index contributed by atoms with van der Waals surface area (Å²) in [5, 5.41) is 9.32. The van der Waals surface area contributed by atoms with Crippen LogP contribution in [0.5, 0.6) is 0 Å². The number of fused-ring (bicyclic) bond motifs is 13. The quantitative estimate of drug-likeness (QED) is 0.197. The van der Waals surface area contributed by atoms with E-state index in [2.05, 4.69) is 126 Å². The van der Waals surface area contributed by atoms with Crippen LogP contribution in [0, 0.1) is 0 Å². The first-order valence-corrected chi connectivity index (χ1v) is 16.2. The van der Waals surface area contributed by atoms with Crippen LogP contribution >= 0.6 is 11.3 Å². The molecular formula is C41H22N2O2S. The van der Waals surface area contributed by atoms with Crippen molar-refractivity contribution in [3.05, 3.63) is 133 Å². The number of aromatic nitrogens is 2. The molecule has 0 fully saturated rings. The van der Waals surface area contributed by atoms with Gasteiger partial charge in [0.15, 0.2) is 5.58 Å². The van der Waals surface area contributed by atoms with E-state index in [-0.39, 0.29) is 0 Å². The third-order valence-electron chi connectivity index (χ3n) is 9.43. The zero-order valence-electron chi connectivity index (χ0n) is 24.3. The first-order valence-electron chi connectivity index (χ1n) is 15.4. The number of para-hydroxylation sites is 2. The van der Waals surface area contributed by atoms with Crippen LogP contribution in [0.1, 0.15) is 0 Å². The number of benzene rings is 7. The molecule has 5 heteroatoms. The smallest absolute Gasteiger partial charge is 0.307 e. The fourth-order valence-corrected chi connectivity index (χ4v) is 8.50. The summed E-state index contributed by atoms with van der Waals surface area (Å²) in [7, 11) is 0. The molecule has 0 N–H and O–H groups in total. The molecule has 11 aromatic rings. The lowest BCUT2D eigenvalue weighted by atomic mass is 10.00. The van der Waals surface area contributed by atoms with E-state index >= 15 is 0 Å². The number of nitrogens with zero attached hydrogens (tertiary/aromatic N) is 2. The van der Waals surface area contributed by atoms with Crippen LogP contribution in [-0.2, 0) is 0 Å². The van der Waals surface area contributed by atoms with Crippen molar-refractivity contribution in [2.75, 3.05) is 0 Å². The molecule has 46 heavy (non-hydrogen) atoms. The summed E-state index contributed by atoms with van der Waals surface area (Å²) in [6.07, 6.45) is 0. The van der Waals surface area contributed by atoms with Crippen LogP contribution in [0.25, 0.3) is 103 Å². The zero-order chi connectivity index (χ0) is 29.9. The van der Waals surface area contributed by atoms with Crippen LogP contribution in [-0.4, -0.2) is 9.55 Å². The van der Waals surface area contributed by atoms with Crippen molar-refractivity contribution >= 4 is 97.1 Å². The lowest BCUT2D eigenvalue weighted by molar-refractivity contribution is 0.577. The van der Waals surface area contributed by atoms with Crippen molar-refractivity contribution in [3.8, 4) is 17.1 Å². The minimum absolute atomic E-state index is 0.563. The molecular weight excluding hydrogens is 585 g/mol. The molecule has 4 aromatic heterocycles. The van der Waals surface area contributed by atoms with Gasteiger partial charge in [0.2, 0.25) is 0 Å². The molecule has 11 rings (SSSR count). The zero-order valence-corrected chi connectivity index (χ0v) is 25.1. The van der Waals surface area contributed by atoms with Gasteiger partial charge >= 0.3 is 6.01 Å². The van der Waals surface area contributed by atoms with Gasteiger partial charge < -0.3 is 8.83 Å². The molecule has 214 valence electrons. The van der Waals surface area contributed by atoms with E-state index in [0.29, 0.717) is 6.01 Å². The van der Waals surface area contributed by atoms with Gasteiger partial charge in [-0.15, -0.1) is 11.3 Å². The Bertz CT molecular complexity index is 3050. The van der Waals surface area contributed by atoms with Crippen LogP contribution in [0.4, 0.5) is 0 Å². The van der Waals surface area contributed by atoms with Gasteiger partial charge in [-0.3, -0.25) is 4.57 Å². The van der Waals surface area contributed by atoms with Crippen LogP contribution in [0.3, 0.4) is 0 Å². The maximum absolute atomic E-state index is 6.79. The number of hydrogen-bond acceptors (Lipinski definition) is 4. The number of furan rings is 1. The molecule has 0 amide bonds. The minimum atomic E-state index is 0.563. The van der Waals surface area contributed by atoms with Crippen molar-refractivity contribution in [2.45, 2.75) is 0 Å². The first-order chi connectivity index (χ1) is 22.8. The Balaban J connectivity index is 1.14. The second-order valence-electron chi connectivity index (χ2n) is 11.9. The topological polar surface area (TPSA) is 44.1 Å². The van der Waals surface area contributed by atoms with Crippen LogP contribution < -0.4 is 0 Å². The highest BCUT2D eigenvalue weighted by Crippen LogP contribution is 2.44.